The maximum Gasteiger partial charge on any atom is 0.173 e. The van der Waals surface area contributed by atoms with Crippen molar-refractivity contribution in [2.45, 2.75) is 19.9 Å². The molecule has 0 fully saturated rings. The summed E-state index contributed by atoms with van der Waals surface area (Å²) in [6.07, 6.45) is 1.86. The number of aliphatic carboxylic acids is 1. The fourth-order valence-corrected chi connectivity index (χ4v) is 5.32. The summed E-state index contributed by atoms with van der Waals surface area (Å²) in [5.74, 6) is -1.23. The highest BCUT2D eigenvalue weighted by atomic mass is 35.5. The van der Waals surface area contributed by atoms with Crippen molar-refractivity contribution in [3.63, 3.8) is 0 Å². The number of rotatable bonds is 3. The largest absolute Gasteiger partial charge is 0.545 e. The van der Waals surface area contributed by atoms with Crippen molar-refractivity contribution in [2.75, 3.05) is 0 Å². The predicted molar refractivity (Wildman–Crippen MR) is 113 cm³/mol. The first-order valence-electron chi connectivity index (χ1n) is 8.57. The number of carboxylic acid groups (broad SMARTS) is 1. The van der Waals surface area contributed by atoms with Crippen LogP contribution < -0.4 is 5.11 Å². The molecule has 2 aromatic carbocycles. The summed E-state index contributed by atoms with van der Waals surface area (Å²) in [5.41, 5.74) is 3.18. The molecule has 2 aliphatic rings. The maximum atomic E-state index is 12.0. The molecule has 142 valence electrons. The Balaban J connectivity index is 1.89. The summed E-state index contributed by atoms with van der Waals surface area (Å²) in [5, 5.41) is 13.7. The van der Waals surface area contributed by atoms with Crippen LogP contribution in [0.2, 0.25) is 10.0 Å². The molecule has 0 spiro atoms. The second kappa shape index (κ2) is 7.32. The third-order valence-electron chi connectivity index (χ3n) is 4.80. The molecule has 2 aromatic rings. The van der Waals surface area contributed by atoms with E-state index >= 15 is 0 Å². The smallest absolute Gasteiger partial charge is 0.173 e. The molecule has 0 saturated carbocycles. The van der Waals surface area contributed by atoms with Crippen LogP contribution in [0.4, 0.5) is 0 Å². The standard InChI is InChI=1S/C21H16Cl2N2O2S/c1-11-6-3-4-7-13(11)19-17(20(26)27)12(2)24-21-25(19)10-16(28-21)18-14(22)8-5-9-15(18)23/h3-10,19H,1-2H3,(H,26,27)/p-1. The Morgan fingerprint density at radius 1 is 1.11 bits per heavy atom. The van der Waals surface area contributed by atoms with E-state index in [1.54, 1.807) is 25.1 Å². The van der Waals surface area contributed by atoms with Crippen LogP contribution in [-0.4, -0.2) is 16.0 Å². The van der Waals surface area contributed by atoms with Gasteiger partial charge >= 0.3 is 0 Å². The van der Waals surface area contributed by atoms with E-state index in [9.17, 15) is 9.90 Å². The fourth-order valence-electron chi connectivity index (χ4n) is 3.47. The molecule has 0 bridgehead atoms. The second-order valence-corrected chi connectivity index (χ2v) is 8.36. The summed E-state index contributed by atoms with van der Waals surface area (Å²) < 4.78 is 0. The highest BCUT2D eigenvalue weighted by Crippen LogP contribution is 2.48. The Morgan fingerprint density at radius 2 is 1.79 bits per heavy atom. The topological polar surface area (TPSA) is 55.7 Å². The number of hydrogen-bond acceptors (Lipinski definition) is 5. The number of carbonyl (C=O) groups excluding carboxylic acids is 1. The van der Waals surface area contributed by atoms with Crippen LogP contribution in [0.5, 0.6) is 0 Å². The Hall–Kier alpha value is -2.21. The molecule has 0 N–H and O–H groups in total. The number of carbonyl (C=O) groups is 1. The van der Waals surface area contributed by atoms with Gasteiger partial charge in [-0.15, -0.1) is 0 Å². The molecule has 1 unspecified atom stereocenters. The molecule has 2 heterocycles. The van der Waals surface area contributed by atoms with E-state index in [4.69, 9.17) is 23.2 Å². The summed E-state index contributed by atoms with van der Waals surface area (Å²) in [7, 11) is 0. The van der Waals surface area contributed by atoms with Gasteiger partial charge < -0.3 is 14.8 Å². The van der Waals surface area contributed by atoms with Gasteiger partial charge in [0.1, 0.15) is 0 Å². The lowest BCUT2D eigenvalue weighted by atomic mass is 9.92. The zero-order valence-electron chi connectivity index (χ0n) is 15.1. The highest BCUT2D eigenvalue weighted by Gasteiger charge is 2.37. The monoisotopic (exact) mass is 429 g/mol. The third-order valence-corrected chi connectivity index (χ3v) is 6.44. The van der Waals surface area contributed by atoms with E-state index in [0.29, 0.717) is 26.5 Å². The molecule has 28 heavy (non-hydrogen) atoms. The van der Waals surface area contributed by atoms with Crippen molar-refractivity contribution in [2.24, 2.45) is 4.99 Å². The number of carboxylic acids is 1. The minimum atomic E-state index is -1.23. The second-order valence-electron chi connectivity index (χ2n) is 6.54. The summed E-state index contributed by atoms with van der Waals surface area (Å²) in [6.45, 7) is 3.66. The summed E-state index contributed by atoms with van der Waals surface area (Å²) in [6, 6.07) is 12.5. The van der Waals surface area contributed by atoms with Gasteiger partial charge in [-0.1, -0.05) is 53.5 Å². The van der Waals surface area contributed by atoms with E-state index in [1.165, 1.54) is 11.8 Å². The Kier molecular flexibility index (Phi) is 5.00. The van der Waals surface area contributed by atoms with Crippen LogP contribution in [-0.2, 0) is 4.79 Å². The minimum Gasteiger partial charge on any atom is -0.545 e. The van der Waals surface area contributed by atoms with Gasteiger partial charge in [0.15, 0.2) is 5.17 Å². The van der Waals surface area contributed by atoms with Crippen molar-refractivity contribution in [3.05, 3.63) is 86.7 Å². The number of benzene rings is 2. The van der Waals surface area contributed by atoms with Crippen LogP contribution in [0.1, 0.15) is 29.7 Å². The molecule has 0 saturated heterocycles. The average molecular weight is 430 g/mol. The molecule has 2 aliphatic heterocycles. The van der Waals surface area contributed by atoms with Gasteiger partial charge in [0.05, 0.1) is 22.1 Å². The molecule has 4 rings (SSSR count). The van der Waals surface area contributed by atoms with Crippen LogP contribution in [0, 0.1) is 6.92 Å². The van der Waals surface area contributed by atoms with Crippen molar-refractivity contribution >= 4 is 51.0 Å². The van der Waals surface area contributed by atoms with Gasteiger partial charge in [-0.05, 0) is 48.9 Å². The van der Waals surface area contributed by atoms with E-state index in [2.05, 4.69) is 4.99 Å². The van der Waals surface area contributed by atoms with Crippen LogP contribution >= 0.6 is 35.0 Å². The number of nitrogens with zero attached hydrogens (tertiary/aromatic N) is 2. The number of aliphatic imine (C=N–C) groups is 1. The minimum absolute atomic E-state index is 0.154. The Morgan fingerprint density at radius 3 is 2.43 bits per heavy atom. The first-order valence-corrected chi connectivity index (χ1v) is 10.1. The molecule has 0 aliphatic carbocycles. The fraction of sp³-hybridized carbons (Fsp3) is 0.143. The predicted octanol–water partition coefficient (Wildman–Crippen LogP) is 4.78. The highest BCUT2D eigenvalue weighted by molar-refractivity contribution is 8.22. The van der Waals surface area contributed by atoms with Crippen LogP contribution in [0.25, 0.3) is 4.91 Å². The zero-order valence-corrected chi connectivity index (χ0v) is 17.4. The number of halogens is 2. The van der Waals surface area contributed by atoms with Crippen molar-refractivity contribution < 1.29 is 9.90 Å². The number of amidine groups is 1. The molecule has 4 nitrogen and oxygen atoms in total. The lowest BCUT2D eigenvalue weighted by Crippen LogP contribution is -2.38. The van der Waals surface area contributed by atoms with Crippen molar-refractivity contribution in [3.8, 4) is 0 Å². The molecule has 1 atom stereocenters. The number of hydrogen-bond donors (Lipinski definition) is 0. The first-order chi connectivity index (χ1) is 13.4. The molecular formula is C21H15Cl2N2O2S-. The van der Waals surface area contributed by atoms with Crippen LogP contribution in [0.15, 0.2) is 64.9 Å². The van der Waals surface area contributed by atoms with Gasteiger partial charge in [0, 0.05) is 27.9 Å². The van der Waals surface area contributed by atoms with E-state index in [1.807, 2.05) is 42.3 Å². The maximum absolute atomic E-state index is 12.0. The summed E-state index contributed by atoms with van der Waals surface area (Å²) >= 11 is 14.2. The van der Waals surface area contributed by atoms with Crippen molar-refractivity contribution in [1.82, 2.24) is 4.90 Å². The molecule has 7 heteroatoms. The number of fused-ring (bicyclic) bond motifs is 1. The number of aryl methyl sites for hydroxylation is 1. The van der Waals surface area contributed by atoms with E-state index < -0.39 is 12.0 Å². The van der Waals surface area contributed by atoms with E-state index in [-0.39, 0.29) is 5.57 Å². The Labute approximate surface area is 177 Å². The van der Waals surface area contributed by atoms with Gasteiger partial charge in [-0.3, -0.25) is 0 Å². The van der Waals surface area contributed by atoms with Crippen LogP contribution in [0.3, 0.4) is 0 Å². The van der Waals surface area contributed by atoms with Gasteiger partial charge in [-0.25, -0.2) is 4.99 Å². The summed E-state index contributed by atoms with van der Waals surface area (Å²) in [4.78, 5) is 19.2. The van der Waals surface area contributed by atoms with Gasteiger partial charge in [0.2, 0.25) is 0 Å². The molecular weight excluding hydrogens is 415 g/mol. The Bertz CT molecular complexity index is 1070. The lowest BCUT2D eigenvalue weighted by Gasteiger charge is -2.35. The first kappa shape index (κ1) is 19.1. The number of allylic oxidation sites excluding steroid dienone is 1. The lowest BCUT2D eigenvalue weighted by molar-refractivity contribution is -0.300. The van der Waals surface area contributed by atoms with Gasteiger partial charge in [-0.2, -0.15) is 0 Å². The molecule has 0 radical (unpaired) electrons. The normalized spacial score (nSPS) is 18.7. The number of thioether (sulfide) groups is 1. The quantitative estimate of drug-likeness (QED) is 0.703. The van der Waals surface area contributed by atoms with E-state index in [0.717, 1.165) is 16.0 Å². The molecule has 0 aromatic heterocycles. The average Bonchev–Trinajstić information content (AvgIpc) is 3.03. The van der Waals surface area contributed by atoms with Gasteiger partial charge in [0.25, 0.3) is 0 Å². The zero-order chi connectivity index (χ0) is 20.0. The van der Waals surface area contributed by atoms with Crippen molar-refractivity contribution in [1.29, 1.82) is 0 Å². The third kappa shape index (κ3) is 3.13. The SMILES string of the molecule is CC1=C(C(=O)[O-])C(c2ccccc2C)N2C=C(c3c(Cl)cccc3Cl)SC2=N1. The molecule has 0 amide bonds.